The first-order valence-electron chi connectivity index (χ1n) is 7.62. The van der Waals surface area contributed by atoms with Gasteiger partial charge < -0.3 is 4.42 Å². The van der Waals surface area contributed by atoms with Crippen molar-refractivity contribution in [2.45, 2.75) is 62.4 Å². The predicted octanol–water partition coefficient (Wildman–Crippen LogP) is 6.25. The number of rotatable bonds is 8. The minimum absolute atomic E-state index is 1.04. The summed E-state index contributed by atoms with van der Waals surface area (Å²) in [4.78, 5) is 1.24. The van der Waals surface area contributed by atoms with Crippen LogP contribution >= 0.6 is 11.8 Å². The Kier molecular flexibility index (Phi) is 6.25. The van der Waals surface area contributed by atoms with E-state index in [1.54, 1.807) is 11.8 Å². The smallest absolute Gasteiger partial charge is 0.168 e. The molecule has 0 spiro atoms. The van der Waals surface area contributed by atoms with Crippen molar-refractivity contribution < 1.29 is 4.42 Å². The van der Waals surface area contributed by atoms with E-state index in [1.807, 2.05) is 6.07 Å². The molecule has 0 aliphatic heterocycles. The predicted molar refractivity (Wildman–Crippen MR) is 86.5 cm³/mol. The summed E-state index contributed by atoms with van der Waals surface area (Å²) in [6, 6.07) is 12.6. The van der Waals surface area contributed by atoms with Crippen LogP contribution < -0.4 is 0 Å². The lowest BCUT2D eigenvalue weighted by Gasteiger charge is -1.99. The molecule has 0 unspecified atom stereocenters. The molecule has 20 heavy (non-hydrogen) atoms. The highest BCUT2D eigenvalue weighted by molar-refractivity contribution is 7.99. The minimum Gasteiger partial charge on any atom is -0.454 e. The third-order valence-electron chi connectivity index (χ3n) is 3.40. The van der Waals surface area contributed by atoms with Gasteiger partial charge in [-0.3, -0.25) is 0 Å². The van der Waals surface area contributed by atoms with Crippen LogP contribution in [0.1, 0.15) is 50.4 Å². The molecule has 0 amide bonds. The van der Waals surface area contributed by atoms with Gasteiger partial charge in [0.15, 0.2) is 5.09 Å². The van der Waals surface area contributed by atoms with Crippen LogP contribution in [0.5, 0.6) is 0 Å². The molecule has 108 valence electrons. The van der Waals surface area contributed by atoms with Crippen LogP contribution in [0.4, 0.5) is 0 Å². The molecule has 0 aliphatic carbocycles. The van der Waals surface area contributed by atoms with Crippen molar-refractivity contribution in [3.8, 4) is 0 Å². The molecule has 0 radical (unpaired) electrons. The number of unbranched alkanes of at least 4 members (excludes halogenated alkanes) is 4. The summed E-state index contributed by atoms with van der Waals surface area (Å²) in [6.45, 7) is 4.39. The summed E-state index contributed by atoms with van der Waals surface area (Å²) in [5.74, 6) is 1.14. The Morgan fingerprint density at radius 1 is 1.00 bits per heavy atom. The molecule has 0 atom stereocenters. The Balaban J connectivity index is 1.86. The maximum atomic E-state index is 5.99. The fraction of sp³-hybridized carbons (Fsp3) is 0.444. The topological polar surface area (TPSA) is 13.1 Å². The second-order valence-corrected chi connectivity index (χ2v) is 6.31. The first kappa shape index (κ1) is 15.2. The number of aryl methyl sites for hydroxylation is 2. The van der Waals surface area contributed by atoms with Crippen LogP contribution in [-0.4, -0.2) is 0 Å². The van der Waals surface area contributed by atoms with Gasteiger partial charge in [0, 0.05) is 16.9 Å². The maximum Gasteiger partial charge on any atom is 0.168 e. The number of benzene rings is 1. The monoisotopic (exact) mass is 288 g/mol. The summed E-state index contributed by atoms with van der Waals surface area (Å²) < 4.78 is 5.99. The maximum absolute atomic E-state index is 5.99. The van der Waals surface area contributed by atoms with Crippen LogP contribution in [0.15, 0.2) is 50.8 Å². The zero-order valence-electron chi connectivity index (χ0n) is 12.5. The Morgan fingerprint density at radius 2 is 1.75 bits per heavy atom. The molecule has 2 aromatic rings. The molecule has 0 fully saturated rings. The van der Waals surface area contributed by atoms with Crippen LogP contribution in [0.2, 0.25) is 0 Å². The van der Waals surface area contributed by atoms with E-state index in [4.69, 9.17) is 4.42 Å². The third-order valence-corrected chi connectivity index (χ3v) is 4.50. The summed E-state index contributed by atoms with van der Waals surface area (Å²) >= 11 is 1.72. The van der Waals surface area contributed by atoms with E-state index in [-0.39, 0.29) is 0 Å². The molecule has 1 nitrogen and oxygen atoms in total. The lowest BCUT2D eigenvalue weighted by Crippen LogP contribution is -1.83. The molecule has 2 rings (SSSR count). The number of hydrogen-bond donors (Lipinski definition) is 0. The Hall–Kier alpha value is -1.15. The largest absolute Gasteiger partial charge is 0.454 e. The number of hydrogen-bond acceptors (Lipinski definition) is 2. The van der Waals surface area contributed by atoms with Gasteiger partial charge in [0.05, 0.1) is 0 Å². The van der Waals surface area contributed by atoms with Crippen molar-refractivity contribution in [1.82, 2.24) is 0 Å². The van der Waals surface area contributed by atoms with Crippen LogP contribution in [-0.2, 0) is 6.42 Å². The quantitative estimate of drug-likeness (QED) is 0.532. The van der Waals surface area contributed by atoms with Gasteiger partial charge in [-0.05, 0) is 31.5 Å². The van der Waals surface area contributed by atoms with Crippen molar-refractivity contribution in [3.63, 3.8) is 0 Å². The average molecular weight is 288 g/mol. The lowest BCUT2D eigenvalue weighted by molar-refractivity contribution is 0.421. The van der Waals surface area contributed by atoms with Crippen LogP contribution in [0.3, 0.4) is 0 Å². The normalized spacial score (nSPS) is 10.9. The van der Waals surface area contributed by atoms with E-state index in [9.17, 15) is 0 Å². The van der Waals surface area contributed by atoms with E-state index in [0.717, 1.165) is 17.3 Å². The molecular weight excluding hydrogens is 264 g/mol. The average Bonchev–Trinajstić information content (AvgIpc) is 2.80. The van der Waals surface area contributed by atoms with Gasteiger partial charge in [-0.25, -0.2) is 0 Å². The highest BCUT2D eigenvalue weighted by atomic mass is 32.2. The molecule has 0 saturated carbocycles. The van der Waals surface area contributed by atoms with Crippen molar-refractivity contribution in [2.24, 2.45) is 0 Å². The number of furan rings is 1. The van der Waals surface area contributed by atoms with Gasteiger partial charge in [-0.2, -0.15) is 0 Å². The molecule has 1 heterocycles. The van der Waals surface area contributed by atoms with E-state index in [0.29, 0.717) is 0 Å². The van der Waals surface area contributed by atoms with Gasteiger partial charge in [-0.1, -0.05) is 62.6 Å². The van der Waals surface area contributed by atoms with Crippen molar-refractivity contribution in [2.75, 3.05) is 0 Å². The van der Waals surface area contributed by atoms with E-state index >= 15 is 0 Å². The first-order valence-corrected chi connectivity index (χ1v) is 8.43. The second kappa shape index (κ2) is 8.21. The Morgan fingerprint density at radius 3 is 2.50 bits per heavy atom. The van der Waals surface area contributed by atoms with Gasteiger partial charge in [-0.15, -0.1) is 0 Å². The zero-order valence-corrected chi connectivity index (χ0v) is 13.3. The summed E-state index contributed by atoms with van der Waals surface area (Å²) in [6.07, 6.45) is 7.63. The fourth-order valence-electron chi connectivity index (χ4n) is 2.25. The van der Waals surface area contributed by atoms with Crippen molar-refractivity contribution in [3.05, 3.63) is 47.7 Å². The van der Waals surface area contributed by atoms with Gasteiger partial charge >= 0.3 is 0 Å². The van der Waals surface area contributed by atoms with Crippen molar-refractivity contribution >= 4 is 11.8 Å². The Labute approximate surface area is 126 Å². The van der Waals surface area contributed by atoms with E-state index in [2.05, 4.69) is 44.2 Å². The zero-order chi connectivity index (χ0) is 14.2. The molecule has 1 aromatic carbocycles. The lowest BCUT2D eigenvalue weighted by atomic mass is 10.1. The molecular formula is C18H24OS. The van der Waals surface area contributed by atoms with E-state index in [1.165, 1.54) is 42.6 Å². The highest BCUT2D eigenvalue weighted by Gasteiger charge is 2.09. The SMILES string of the molecule is CCCCCCCc1cc(C)c(Sc2ccccc2)o1. The molecule has 0 N–H and O–H groups in total. The summed E-state index contributed by atoms with van der Waals surface area (Å²) in [5, 5.41) is 1.04. The van der Waals surface area contributed by atoms with E-state index < -0.39 is 0 Å². The summed E-state index contributed by atoms with van der Waals surface area (Å²) in [7, 11) is 0. The summed E-state index contributed by atoms with van der Waals surface area (Å²) in [5.41, 5.74) is 1.25. The van der Waals surface area contributed by atoms with Crippen molar-refractivity contribution in [1.29, 1.82) is 0 Å². The highest BCUT2D eigenvalue weighted by Crippen LogP contribution is 2.32. The standard InChI is InChI=1S/C18H24OS/c1-3-4-5-6-8-11-16-14-15(2)18(19-16)20-17-12-9-7-10-13-17/h7,9-10,12-14H,3-6,8,11H2,1-2H3. The molecule has 0 saturated heterocycles. The molecule has 0 aliphatic rings. The molecule has 1 aromatic heterocycles. The second-order valence-electron chi connectivity index (χ2n) is 5.26. The van der Waals surface area contributed by atoms with Crippen LogP contribution in [0, 0.1) is 6.92 Å². The van der Waals surface area contributed by atoms with Gasteiger partial charge in [0.25, 0.3) is 0 Å². The van der Waals surface area contributed by atoms with Crippen LogP contribution in [0.25, 0.3) is 0 Å². The molecule has 2 heteroatoms. The van der Waals surface area contributed by atoms with Gasteiger partial charge in [0.1, 0.15) is 5.76 Å². The Bertz CT molecular complexity index is 501. The van der Waals surface area contributed by atoms with Gasteiger partial charge in [0.2, 0.25) is 0 Å². The fourth-order valence-corrected chi connectivity index (χ4v) is 3.13. The third kappa shape index (κ3) is 4.75. The minimum atomic E-state index is 1.04. The first-order chi connectivity index (χ1) is 9.79. The molecule has 0 bridgehead atoms.